The van der Waals surface area contributed by atoms with Crippen LogP contribution in [0.1, 0.15) is 18.1 Å². The summed E-state index contributed by atoms with van der Waals surface area (Å²) in [5.41, 5.74) is 0.933. The molecule has 168 valence electrons. The van der Waals surface area contributed by atoms with Crippen LogP contribution in [0, 0.1) is 0 Å². The first-order valence-corrected chi connectivity index (χ1v) is 11.4. The third-order valence-electron chi connectivity index (χ3n) is 4.71. The summed E-state index contributed by atoms with van der Waals surface area (Å²) in [6.07, 6.45) is 1.34. The molecular formula is C22H20Cl2N2O5S. The van der Waals surface area contributed by atoms with Crippen LogP contribution >= 0.6 is 35.0 Å². The molecule has 3 rings (SSSR count). The first kappa shape index (κ1) is 24.0. The second-order valence-electron chi connectivity index (χ2n) is 6.91. The van der Waals surface area contributed by atoms with Gasteiger partial charge in [-0.05, 0) is 35.9 Å². The molecule has 1 aliphatic heterocycles. The van der Waals surface area contributed by atoms with Gasteiger partial charge in [-0.1, -0.05) is 41.4 Å². The van der Waals surface area contributed by atoms with E-state index in [2.05, 4.69) is 5.32 Å². The number of nitrogens with zero attached hydrogens (tertiary/aromatic N) is 1. The molecular weight excluding hydrogens is 475 g/mol. The molecule has 1 heterocycles. The lowest BCUT2D eigenvalue weighted by Crippen LogP contribution is -2.46. The fourth-order valence-electron chi connectivity index (χ4n) is 2.99. The summed E-state index contributed by atoms with van der Waals surface area (Å²) in [6, 6.07) is 11.2. The van der Waals surface area contributed by atoms with Crippen molar-refractivity contribution in [1.82, 2.24) is 10.2 Å². The van der Waals surface area contributed by atoms with Crippen LogP contribution in [0.3, 0.4) is 0 Å². The van der Waals surface area contributed by atoms with Gasteiger partial charge in [0, 0.05) is 28.3 Å². The van der Waals surface area contributed by atoms with Crippen LogP contribution in [0.5, 0.6) is 5.75 Å². The van der Waals surface area contributed by atoms with Crippen LogP contribution in [0.25, 0.3) is 6.08 Å². The van der Waals surface area contributed by atoms with E-state index in [1.165, 1.54) is 29.7 Å². The van der Waals surface area contributed by atoms with Gasteiger partial charge >= 0.3 is 5.97 Å². The molecule has 7 nitrogen and oxygen atoms in total. The molecule has 0 aromatic heterocycles. The van der Waals surface area contributed by atoms with E-state index in [9.17, 15) is 19.5 Å². The number of hydrogen-bond donors (Lipinski definition) is 2. The van der Waals surface area contributed by atoms with Crippen molar-refractivity contribution in [3.05, 3.63) is 69.3 Å². The van der Waals surface area contributed by atoms with E-state index >= 15 is 0 Å². The molecule has 2 N–H and O–H groups in total. The van der Waals surface area contributed by atoms with Gasteiger partial charge in [-0.25, -0.2) is 4.79 Å². The fraction of sp³-hybridized carbons (Fsp3) is 0.227. The molecule has 0 radical (unpaired) electrons. The fourth-order valence-corrected chi connectivity index (χ4v) is 4.72. The van der Waals surface area contributed by atoms with Crippen molar-refractivity contribution in [2.75, 3.05) is 11.6 Å². The number of carboxylic acid groups (broad SMARTS) is 1. The minimum Gasteiger partial charge on any atom is -0.489 e. The summed E-state index contributed by atoms with van der Waals surface area (Å²) in [5, 5.41) is 12.9. The number of hydrogen-bond acceptors (Lipinski definition) is 5. The van der Waals surface area contributed by atoms with E-state index < -0.39 is 17.9 Å². The number of benzene rings is 2. The Morgan fingerprint density at radius 2 is 1.84 bits per heavy atom. The number of aliphatic carboxylic acids is 1. The molecule has 32 heavy (non-hydrogen) atoms. The number of nitrogens with one attached hydrogen (secondary N) is 1. The Hall–Kier alpha value is -2.68. The van der Waals surface area contributed by atoms with Crippen LogP contribution in [-0.4, -0.2) is 45.5 Å². The quantitative estimate of drug-likeness (QED) is 0.564. The lowest BCUT2D eigenvalue weighted by molar-refractivity contribution is -0.137. The first-order chi connectivity index (χ1) is 15.3. The van der Waals surface area contributed by atoms with Crippen molar-refractivity contribution < 1.29 is 24.2 Å². The van der Waals surface area contributed by atoms with E-state index in [1.54, 1.807) is 42.5 Å². The molecule has 1 atom stereocenters. The van der Waals surface area contributed by atoms with E-state index in [0.29, 0.717) is 38.6 Å². The van der Waals surface area contributed by atoms with Crippen molar-refractivity contribution in [2.24, 2.45) is 0 Å². The molecule has 0 saturated carbocycles. The van der Waals surface area contributed by atoms with Crippen LogP contribution in [0.4, 0.5) is 0 Å². The predicted molar refractivity (Wildman–Crippen MR) is 125 cm³/mol. The Labute approximate surface area is 199 Å². The maximum Gasteiger partial charge on any atom is 0.352 e. The number of rotatable bonds is 7. The van der Waals surface area contributed by atoms with E-state index in [-0.39, 0.29) is 18.2 Å². The molecule has 1 saturated heterocycles. The van der Waals surface area contributed by atoms with E-state index in [0.717, 1.165) is 0 Å². The number of ether oxygens (including phenoxy) is 1. The summed E-state index contributed by atoms with van der Waals surface area (Å²) < 4.78 is 5.71. The Kier molecular flexibility index (Phi) is 8.06. The van der Waals surface area contributed by atoms with Crippen molar-refractivity contribution >= 4 is 58.8 Å². The highest BCUT2D eigenvalue weighted by atomic mass is 35.5. The van der Waals surface area contributed by atoms with Gasteiger partial charge in [-0.3, -0.25) is 9.59 Å². The number of carbonyl (C=O) groups is 3. The average molecular weight is 495 g/mol. The molecule has 0 unspecified atom stereocenters. The lowest BCUT2D eigenvalue weighted by atomic mass is 10.1. The van der Waals surface area contributed by atoms with Gasteiger partial charge in [-0.15, -0.1) is 11.8 Å². The third kappa shape index (κ3) is 5.97. The van der Waals surface area contributed by atoms with Gasteiger partial charge in [0.05, 0.1) is 5.88 Å². The zero-order valence-corrected chi connectivity index (χ0v) is 19.3. The summed E-state index contributed by atoms with van der Waals surface area (Å²) in [5.74, 6) is -0.688. The zero-order chi connectivity index (χ0) is 23.3. The minimum atomic E-state index is -1.29. The summed E-state index contributed by atoms with van der Waals surface area (Å²) >= 11 is 13.7. The average Bonchev–Trinajstić information content (AvgIpc) is 3.24. The Morgan fingerprint density at radius 1 is 1.19 bits per heavy atom. The number of amides is 2. The van der Waals surface area contributed by atoms with Crippen molar-refractivity contribution in [2.45, 2.75) is 19.6 Å². The summed E-state index contributed by atoms with van der Waals surface area (Å²) in [6.45, 7) is 1.56. The molecule has 0 spiro atoms. The highest BCUT2D eigenvalue weighted by Crippen LogP contribution is 2.26. The first-order valence-electron chi connectivity index (χ1n) is 9.53. The smallest absolute Gasteiger partial charge is 0.352 e. The zero-order valence-electron chi connectivity index (χ0n) is 17.0. The van der Waals surface area contributed by atoms with Crippen molar-refractivity contribution in [3.8, 4) is 5.75 Å². The summed E-state index contributed by atoms with van der Waals surface area (Å²) in [7, 11) is 0. The Bertz CT molecular complexity index is 1040. The molecule has 1 fully saturated rings. The number of carboxylic acids is 1. The Balaban J connectivity index is 1.67. The second kappa shape index (κ2) is 10.8. The molecule has 0 aliphatic carbocycles. The van der Waals surface area contributed by atoms with Crippen LogP contribution in [-0.2, 0) is 21.0 Å². The van der Waals surface area contributed by atoms with Gasteiger partial charge in [0.1, 0.15) is 24.1 Å². The third-order valence-corrected chi connectivity index (χ3v) is 6.43. The van der Waals surface area contributed by atoms with Crippen molar-refractivity contribution in [3.63, 3.8) is 0 Å². The minimum absolute atomic E-state index is 0.177. The maximum atomic E-state index is 12.5. The number of carbonyl (C=O) groups excluding carboxylic acids is 2. The number of halogens is 2. The highest BCUT2D eigenvalue weighted by molar-refractivity contribution is 7.99. The van der Waals surface area contributed by atoms with Crippen LogP contribution < -0.4 is 10.1 Å². The van der Waals surface area contributed by atoms with Crippen LogP contribution in [0.15, 0.2) is 48.2 Å². The summed E-state index contributed by atoms with van der Waals surface area (Å²) in [4.78, 5) is 37.2. The number of thioether (sulfide) groups is 1. The van der Waals surface area contributed by atoms with Gasteiger partial charge < -0.3 is 20.1 Å². The van der Waals surface area contributed by atoms with E-state index in [1.807, 2.05) is 0 Å². The predicted octanol–water partition coefficient (Wildman–Crippen LogP) is 4.04. The van der Waals surface area contributed by atoms with Gasteiger partial charge in [0.15, 0.2) is 0 Å². The molecule has 0 bridgehead atoms. The van der Waals surface area contributed by atoms with Gasteiger partial charge in [-0.2, -0.15) is 0 Å². The highest BCUT2D eigenvalue weighted by Gasteiger charge is 2.33. The molecule has 1 aliphatic rings. The topological polar surface area (TPSA) is 95.9 Å². The standard InChI is InChI=1S/C22H20Cl2N2O5S/c1-13(27)26-12-32-11-20(26)21(28)25-19(22(29)30)9-14-5-7-15(8-6-14)31-10-16-17(23)3-2-4-18(16)24/h2-9,20H,10-12H2,1H3,(H,25,28)(H,29,30)/b19-9-/t20-/m1/s1. The molecule has 2 aromatic rings. The van der Waals surface area contributed by atoms with Gasteiger partial charge in [0.25, 0.3) is 0 Å². The molecule has 2 aromatic carbocycles. The molecule has 2 amide bonds. The maximum absolute atomic E-state index is 12.5. The largest absolute Gasteiger partial charge is 0.489 e. The second-order valence-corrected chi connectivity index (χ2v) is 8.73. The van der Waals surface area contributed by atoms with Crippen molar-refractivity contribution in [1.29, 1.82) is 0 Å². The SMILES string of the molecule is CC(=O)N1CSC[C@@H]1C(=O)N/C(=C\c1ccc(OCc2c(Cl)cccc2Cl)cc1)C(=O)O. The monoisotopic (exact) mass is 494 g/mol. The lowest BCUT2D eigenvalue weighted by Gasteiger charge is -2.21. The van der Waals surface area contributed by atoms with Crippen LogP contribution in [0.2, 0.25) is 10.0 Å². The van der Waals surface area contributed by atoms with E-state index in [4.69, 9.17) is 27.9 Å². The Morgan fingerprint density at radius 3 is 2.44 bits per heavy atom. The van der Waals surface area contributed by atoms with Gasteiger partial charge in [0.2, 0.25) is 11.8 Å². The molecule has 10 heteroatoms. The normalized spacial score (nSPS) is 16.0.